The number of rotatable bonds is 9. The molecular weight excluding hydrogens is 495 g/mol. The van der Waals surface area contributed by atoms with Gasteiger partial charge < -0.3 is 25.0 Å². The summed E-state index contributed by atoms with van der Waals surface area (Å²) in [5, 5.41) is 6.44. The van der Waals surface area contributed by atoms with Crippen LogP contribution in [0.15, 0.2) is 23.2 Å². The Balaban J connectivity index is 0.00000450. The van der Waals surface area contributed by atoms with E-state index in [1.807, 2.05) is 0 Å². The van der Waals surface area contributed by atoms with Crippen LogP contribution in [0.5, 0.6) is 5.75 Å². The second-order valence-electron chi connectivity index (χ2n) is 7.77. The molecule has 0 bridgehead atoms. The molecule has 2 rings (SSSR count). The lowest BCUT2D eigenvalue weighted by Crippen LogP contribution is -2.45. The Morgan fingerprint density at radius 3 is 2.77 bits per heavy atom. The maximum absolute atomic E-state index is 12.0. The van der Waals surface area contributed by atoms with Gasteiger partial charge in [-0.3, -0.25) is 4.79 Å². The molecule has 1 aliphatic rings. The molecular formula is C22H37IN4O3. The minimum absolute atomic E-state index is 0. The second-order valence-corrected chi connectivity index (χ2v) is 7.77. The molecule has 0 saturated carbocycles. The van der Waals surface area contributed by atoms with Crippen molar-refractivity contribution in [2.75, 3.05) is 33.8 Å². The maximum Gasteiger partial charge on any atom is 0.241 e. The van der Waals surface area contributed by atoms with Gasteiger partial charge in [0, 0.05) is 32.8 Å². The predicted octanol–water partition coefficient (Wildman–Crippen LogP) is 3.09. The van der Waals surface area contributed by atoms with Gasteiger partial charge in [0.05, 0.1) is 25.3 Å². The van der Waals surface area contributed by atoms with E-state index >= 15 is 0 Å². The molecule has 0 aromatic heterocycles. The number of carbonyl (C=O) groups is 1. The fourth-order valence-electron chi connectivity index (χ4n) is 2.87. The zero-order valence-electron chi connectivity index (χ0n) is 18.9. The molecule has 2 N–H and O–H groups in total. The number of guanidine groups is 1. The Labute approximate surface area is 198 Å². The standard InChI is InChI=1S/C22H36N4O3.HI/c1-6-17(3)29-20-12-16(2)9-10-18(20)13-23-22(25-15-21(27)26(4)5)24-14-19-8-7-11-28-19;/h9-10,12,17,19H,6-8,11,13-15H2,1-5H3,(H2,23,24,25);1H. The summed E-state index contributed by atoms with van der Waals surface area (Å²) in [6.07, 6.45) is 3.41. The Kier molecular flexibility index (Phi) is 12.1. The van der Waals surface area contributed by atoms with Crippen LogP contribution in [-0.2, 0) is 16.1 Å². The zero-order chi connectivity index (χ0) is 21.2. The van der Waals surface area contributed by atoms with Gasteiger partial charge in [-0.25, -0.2) is 4.99 Å². The fourth-order valence-corrected chi connectivity index (χ4v) is 2.87. The number of aryl methyl sites for hydroxylation is 1. The van der Waals surface area contributed by atoms with Crippen molar-refractivity contribution in [2.24, 2.45) is 4.99 Å². The van der Waals surface area contributed by atoms with Crippen LogP contribution in [0.4, 0.5) is 0 Å². The predicted molar refractivity (Wildman–Crippen MR) is 132 cm³/mol. The molecule has 2 atom stereocenters. The number of aliphatic imine (C=N–C) groups is 1. The highest BCUT2D eigenvalue weighted by atomic mass is 127. The summed E-state index contributed by atoms with van der Waals surface area (Å²) in [5.41, 5.74) is 2.18. The van der Waals surface area contributed by atoms with Crippen LogP contribution in [0.25, 0.3) is 0 Å². The summed E-state index contributed by atoms with van der Waals surface area (Å²) >= 11 is 0. The van der Waals surface area contributed by atoms with Crippen molar-refractivity contribution in [1.29, 1.82) is 0 Å². The average Bonchev–Trinajstić information content (AvgIpc) is 3.21. The van der Waals surface area contributed by atoms with Gasteiger partial charge >= 0.3 is 0 Å². The molecule has 0 spiro atoms. The summed E-state index contributed by atoms with van der Waals surface area (Å²) in [6, 6.07) is 6.18. The highest BCUT2D eigenvalue weighted by Gasteiger charge is 2.16. The highest BCUT2D eigenvalue weighted by molar-refractivity contribution is 14.0. The number of nitrogens with zero attached hydrogens (tertiary/aromatic N) is 2. The number of halogens is 1. The SMILES string of the molecule is CCC(C)Oc1cc(C)ccc1CN=C(NCC(=O)N(C)C)NCC1CCCO1.I. The molecule has 0 radical (unpaired) electrons. The number of amides is 1. The largest absolute Gasteiger partial charge is 0.490 e. The monoisotopic (exact) mass is 532 g/mol. The molecule has 1 amide bonds. The lowest BCUT2D eigenvalue weighted by atomic mass is 10.1. The summed E-state index contributed by atoms with van der Waals surface area (Å²) in [7, 11) is 3.48. The average molecular weight is 532 g/mol. The third-order valence-electron chi connectivity index (χ3n) is 4.96. The van der Waals surface area contributed by atoms with Gasteiger partial charge in [-0.15, -0.1) is 24.0 Å². The molecule has 0 aliphatic carbocycles. The molecule has 30 heavy (non-hydrogen) atoms. The fraction of sp³-hybridized carbons (Fsp3) is 0.636. The van der Waals surface area contributed by atoms with Gasteiger partial charge in [0.15, 0.2) is 5.96 Å². The van der Waals surface area contributed by atoms with E-state index in [1.54, 1.807) is 19.0 Å². The van der Waals surface area contributed by atoms with Crippen LogP contribution in [0.2, 0.25) is 0 Å². The van der Waals surface area contributed by atoms with Crippen molar-refractivity contribution >= 4 is 35.8 Å². The van der Waals surface area contributed by atoms with Crippen molar-refractivity contribution in [2.45, 2.75) is 58.8 Å². The summed E-state index contributed by atoms with van der Waals surface area (Å²) in [4.78, 5) is 18.2. The van der Waals surface area contributed by atoms with Crippen molar-refractivity contribution in [3.63, 3.8) is 0 Å². The number of carbonyl (C=O) groups excluding carboxylic acids is 1. The minimum Gasteiger partial charge on any atom is -0.490 e. The van der Waals surface area contributed by atoms with Gasteiger partial charge in [0.25, 0.3) is 0 Å². The molecule has 8 heteroatoms. The normalized spacial score (nSPS) is 17.1. The first-order chi connectivity index (χ1) is 13.9. The Morgan fingerprint density at radius 1 is 1.37 bits per heavy atom. The summed E-state index contributed by atoms with van der Waals surface area (Å²) in [6.45, 7) is 8.36. The minimum atomic E-state index is -0.00672. The molecule has 1 saturated heterocycles. The number of likely N-dealkylation sites (N-methyl/N-ethyl adjacent to an activating group) is 1. The van der Waals surface area contributed by atoms with Crippen molar-refractivity contribution in [3.05, 3.63) is 29.3 Å². The molecule has 2 unspecified atom stereocenters. The van der Waals surface area contributed by atoms with Crippen molar-refractivity contribution in [1.82, 2.24) is 15.5 Å². The number of benzene rings is 1. The first-order valence-corrected chi connectivity index (χ1v) is 10.5. The molecule has 1 aromatic carbocycles. The van der Waals surface area contributed by atoms with Gasteiger partial charge in [0.1, 0.15) is 5.75 Å². The highest BCUT2D eigenvalue weighted by Crippen LogP contribution is 2.23. The lowest BCUT2D eigenvalue weighted by molar-refractivity contribution is -0.127. The van der Waals surface area contributed by atoms with E-state index in [0.29, 0.717) is 19.0 Å². The van der Waals surface area contributed by atoms with Crippen LogP contribution in [0.1, 0.15) is 44.2 Å². The van der Waals surface area contributed by atoms with E-state index in [0.717, 1.165) is 42.7 Å². The van der Waals surface area contributed by atoms with Gasteiger partial charge in [0.2, 0.25) is 5.91 Å². The number of hydrogen-bond donors (Lipinski definition) is 2. The van der Waals surface area contributed by atoms with Crippen molar-refractivity contribution in [3.8, 4) is 5.75 Å². The van der Waals surface area contributed by atoms with E-state index in [-0.39, 0.29) is 48.6 Å². The summed E-state index contributed by atoms with van der Waals surface area (Å²) < 4.78 is 11.8. The molecule has 170 valence electrons. The molecule has 7 nitrogen and oxygen atoms in total. The van der Waals surface area contributed by atoms with E-state index < -0.39 is 0 Å². The Morgan fingerprint density at radius 2 is 2.13 bits per heavy atom. The van der Waals surface area contributed by atoms with Crippen LogP contribution >= 0.6 is 24.0 Å². The molecule has 1 aromatic rings. The lowest BCUT2D eigenvalue weighted by Gasteiger charge is -2.18. The smallest absolute Gasteiger partial charge is 0.241 e. The van der Waals surface area contributed by atoms with Crippen LogP contribution < -0.4 is 15.4 Å². The zero-order valence-corrected chi connectivity index (χ0v) is 21.2. The second kappa shape index (κ2) is 13.7. The van der Waals surface area contributed by atoms with Crippen LogP contribution in [-0.4, -0.2) is 62.8 Å². The van der Waals surface area contributed by atoms with E-state index in [2.05, 4.69) is 49.6 Å². The van der Waals surface area contributed by atoms with Gasteiger partial charge in [-0.2, -0.15) is 0 Å². The first kappa shape index (κ1) is 26.5. The molecule has 1 heterocycles. The Bertz CT molecular complexity index is 691. The quantitative estimate of drug-likeness (QED) is 0.291. The van der Waals surface area contributed by atoms with Crippen LogP contribution in [0, 0.1) is 6.92 Å². The van der Waals surface area contributed by atoms with Crippen LogP contribution in [0.3, 0.4) is 0 Å². The topological polar surface area (TPSA) is 75.2 Å². The number of hydrogen-bond acceptors (Lipinski definition) is 4. The Hall–Kier alpha value is -1.55. The van der Waals surface area contributed by atoms with Gasteiger partial charge in [-0.05, 0) is 44.7 Å². The third-order valence-corrected chi connectivity index (χ3v) is 4.96. The van der Waals surface area contributed by atoms with E-state index in [9.17, 15) is 4.79 Å². The number of ether oxygens (including phenoxy) is 2. The maximum atomic E-state index is 12.0. The van der Waals surface area contributed by atoms with Crippen molar-refractivity contribution < 1.29 is 14.3 Å². The number of nitrogens with one attached hydrogen (secondary N) is 2. The van der Waals surface area contributed by atoms with E-state index in [1.165, 1.54) is 0 Å². The molecule has 1 fully saturated rings. The summed E-state index contributed by atoms with van der Waals surface area (Å²) in [5.74, 6) is 1.46. The van der Waals surface area contributed by atoms with Gasteiger partial charge in [-0.1, -0.05) is 19.1 Å². The van der Waals surface area contributed by atoms with E-state index in [4.69, 9.17) is 14.5 Å². The molecule has 1 aliphatic heterocycles. The first-order valence-electron chi connectivity index (χ1n) is 10.5. The third kappa shape index (κ3) is 9.07.